The summed E-state index contributed by atoms with van der Waals surface area (Å²) in [7, 11) is 0. The van der Waals surface area contributed by atoms with Gasteiger partial charge in [0.15, 0.2) is 0 Å². The molecule has 32 heavy (non-hydrogen) atoms. The van der Waals surface area contributed by atoms with Gasteiger partial charge in [-0.05, 0) is 30.7 Å². The molecule has 5 nitrogen and oxygen atoms in total. The molecule has 2 aromatic rings. The fourth-order valence-corrected chi connectivity index (χ4v) is 4.33. The van der Waals surface area contributed by atoms with Crippen LogP contribution >= 0.6 is 0 Å². The molecule has 2 fully saturated rings. The van der Waals surface area contributed by atoms with Crippen molar-refractivity contribution >= 4 is 17.5 Å². The summed E-state index contributed by atoms with van der Waals surface area (Å²) in [4.78, 5) is 30.8. The molecule has 2 aliphatic rings. The topological polar surface area (TPSA) is 43.9 Å². The van der Waals surface area contributed by atoms with E-state index in [-0.39, 0.29) is 24.2 Å². The number of halogens is 3. The number of amides is 2. The van der Waals surface area contributed by atoms with Crippen LogP contribution in [0.25, 0.3) is 0 Å². The van der Waals surface area contributed by atoms with Crippen molar-refractivity contribution in [2.75, 3.05) is 37.6 Å². The fraction of sp³-hybridized carbons (Fsp3) is 0.417. The molecular formula is C24H26F3N3O2. The molecule has 0 N–H and O–H groups in total. The van der Waals surface area contributed by atoms with Gasteiger partial charge in [0.05, 0.1) is 11.5 Å². The summed E-state index contributed by atoms with van der Waals surface area (Å²) in [5.41, 5.74) is 2.02. The Morgan fingerprint density at radius 3 is 2.38 bits per heavy atom. The van der Waals surface area contributed by atoms with Crippen molar-refractivity contribution in [2.24, 2.45) is 5.92 Å². The third-order valence-electron chi connectivity index (χ3n) is 6.19. The minimum Gasteiger partial charge on any atom is -0.368 e. The van der Waals surface area contributed by atoms with Crippen molar-refractivity contribution < 1.29 is 22.8 Å². The molecule has 2 amide bonds. The summed E-state index contributed by atoms with van der Waals surface area (Å²) in [6, 6.07) is 13.3. The van der Waals surface area contributed by atoms with E-state index < -0.39 is 11.7 Å². The monoisotopic (exact) mass is 445 g/mol. The molecule has 1 unspecified atom stereocenters. The first-order chi connectivity index (χ1) is 15.2. The lowest BCUT2D eigenvalue weighted by atomic mass is 10.1. The Labute approximate surface area is 185 Å². The van der Waals surface area contributed by atoms with E-state index in [2.05, 4.69) is 0 Å². The van der Waals surface area contributed by atoms with Gasteiger partial charge in [-0.1, -0.05) is 35.9 Å². The van der Waals surface area contributed by atoms with Crippen LogP contribution in [0.5, 0.6) is 0 Å². The Morgan fingerprint density at radius 1 is 1.03 bits per heavy atom. The van der Waals surface area contributed by atoms with Crippen LogP contribution in [-0.2, 0) is 22.3 Å². The van der Waals surface area contributed by atoms with Crippen LogP contribution in [-0.4, -0.2) is 54.3 Å². The highest BCUT2D eigenvalue weighted by Crippen LogP contribution is 2.32. The van der Waals surface area contributed by atoms with Crippen LogP contribution in [0, 0.1) is 12.8 Å². The molecular weight excluding hydrogens is 419 g/mol. The van der Waals surface area contributed by atoms with E-state index in [1.807, 2.05) is 36.1 Å². The maximum absolute atomic E-state index is 13.0. The van der Waals surface area contributed by atoms with Gasteiger partial charge in [-0.2, -0.15) is 13.2 Å². The Kier molecular flexibility index (Phi) is 6.13. The minimum absolute atomic E-state index is 0.0217. The maximum atomic E-state index is 13.0. The van der Waals surface area contributed by atoms with Gasteiger partial charge >= 0.3 is 6.18 Å². The van der Waals surface area contributed by atoms with Crippen molar-refractivity contribution in [3.05, 3.63) is 65.2 Å². The van der Waals surface area contributed by atoms with E-state index >= 15 is 0 Å². The van der Waals surface area contributed by atoms with Crippen LogP contribution in [0.2, 0.25) is 0 Å². The molecule has 2 heterocycles. The number of nitrogens with zero attached hydrogens (tertiary/aromatic N) is 3. The predicted molar refractivity (Wildman–Crippen MR) is 115 cm³/mol. The molecule has 4 rings (SSSR count). The molecule has 2 aromatic carbocycles. The number of benzene rings is 2. The van der Waals surface area contributed by atoms with Crippen LogP contribution < -0.4 is 4.90 Å². The lowest BCUT2D eigenvalue weighted by Crippen LogP contribution is -2.50. The van der Waals surface area contributed by atoms with E-state index in [9.17, 15) is 22.8 Å². The fourth-order valence-electron chi connectivity index (χ4n) is 4.33. The number of carbonyl (C=O) groups is 2. The van der Waals surface area contributed by atoms with Crippen molar-refractivity contribution in [2.45, 2.75) is 26.1 Å². The number of rotatable bonds is 4. The first-order valence-corrected chi connectivity index (χ1v) is 10.7. The lowest BCUT2D eigenvalue weighted by molar-refractivity contribution is -0.137. The van der Waals surface area contributed by atoms with Crippen molar-refractivity contribution in [3.63, 3.8) is 0 Å². The zero-order chi connectivity index (χ0) is 22.9. The van der Waals surface area contributed by atoms with E-state index in [0.717, 1.165) is 23.3 Å². The van der Waals surface area contributed by atoms with Crippen LogP contribution in [0.15, 0.2) is 48.5 Å². The van der Waals surface area contributed by atoms with Crippen molar-refractivity contribution in [1.82, 2.24) is 9.80 Å². The van der Waals surface area contributed by atoms with Gasteiger partial charge < -0.3 is 14.7 Å². The van der Waals surface area contributed by atoms with E-state index in [1.54, 1.807) is 15.9 Å². The summed E-state index contributed by atoms with van der Waals surface area (Å²) >= 11 is 0. The highest BCUT2D eigenvalue weighted by Gasteiger charge is 2.37. The van der Waals surface area contributed by atoms with Gasteiger partial charge in [0.1, 0.15) is 0 Å². The predicted octanol–water partition coefficient (Wildman–Crippen LogP) is 3.71. The van der Waals surface area contributed by atoms with Gasteiger partial charge in [0, 0.05) is 51.4 Å². The third kappa shape index (κ3) is 4.89. The Hall–Kier alpha value is -3.03. The average molecular weight is 445 g/mol. The first kappa shape index (κ1) is 22.2. The molecule has 1 atom stereocenters. The number of carbonyl (C=O) groups excluding carboxylic acids is 2. The van der Waals surface area contributed by atoms with Gasteiger partial charge in [-0.15, -0.1) is 0 Å². The van der Waals surface area contributed by atoms with Crippen molar-refractivity contribution in [1.29, 1.82) is 0 Å². The summed E-state index contributed by atoms with van der Waals surface area (Å²) in [5, 5.41) is 0. The number of anilines is 1. The zero-order valence-corrected chi connectivity index (χ0v) is 17.9. The van der Waals surface area contributed by atoms with Crippen LogP contribution in [0.4, 0.5) is 18.9 Å². The van der Waals surface area contributed by atoms with E-state index in [4.69, 9.17) is 0 Å². The molecule has 2 aliphatic heterocycles. The van der Waals surface area contributed by atoms with Crippen LogP contribution in [0.1, 0.15) is 23.1 Å². The Morgan fingerprint density at radius 2 is 1.72 bits per heavy atom. The summed E-state index contributed by atoms with van der Waals surface area (Å²) in [6.07, 6.45) is -4.17. The largest absolute Gasteiger partial charge is 0.416 e. The first-order valence-electron chi connectivity index (χ1n) is 10.7. The van der Waals surface area contributed by atoms with Crippen molar-refractivity contribution in [3.8, 4) is 0 Å². The Bertz CT molecular complexity index is 983. The second-order valence-electron chi connectivity index (χ2n) is 8.52. The summed E-state index contributed by atoms with van der Waals surface area (Å²) in [6.45, 7) is 4.68. The van der Waals surface area contributed by atoms with E-state index in [0.29, 0.717) is 45.0 Å². The second-order valence-corrected chi connectivity index (χ2v) is 8.52. The van der Waals surface area contributed by atoms with Gasteiger partial charge in [0.2, 0.25) is 11.8 Å². The Balaban J connectivity index is 1.33. The molecule has 8 heteroatoms. The lowest BCUT2D eigenvalue weighted by Gasteiger charge is -2.37. The van der Waals surface area contributed by atoms with Gasteiger partial charge in [-0.3, -0.25) is 9.59 Å². The number of hydrogen-bond donors (Lipinski definition) is 0. The molecule has 0 spiro atoms. The number of hydrogen-bond acceptors (Lipinski definition) is 3. The molecule has 0 aromatic heterocycles. The van der Waals surface area contributed by atoms with Crippen LogP contribution in [0.3, 0.4) is 0 Å². The number of piperazine rings is 1. The molecule has 2 saturated heterocycles. The number of aryl methyl sites for hydroxylation is 1. The van der Waals surface area contributed by atoms with Gasteiger partial charge in [0.25, 0.3) is 0 Å². The second kappa shape index (κ2) is 8.84. The SMILES string of the molecule is Cc1ccc(CN2CC(C(=O)N3CCN(c4cccc(C(F)(F)F)c4)CC3)CC2=O)cc1. The highest BCUT2D eigenvalue weighted by molar-refractivity contribution is 5.89. The maximum Gasteiger partial charge on any atom is 0.416 e. The number of likely N-dealkylation sites (tertiary alicyclic amines) is 1. The normalized spacial score (nSPS) is 19.6. The molecule has 0 bridgehead atoms. The number of alkyl halides is 3. The minimum atomic E-state index is -4.38. The standard InChI is InChI=1S/C24H26F3N3O2/c1-17-5-7-18(8-6-17)15-30-16-19(13-22(30)31)23(32)29-11-9-28(10-12-29)21-4-2-3-20(14-21)24(25,26)27/h2-8,14,19H,9-13,15-16H2,1H3. The summed E-state index contributed by atoms with van der Waals surface area (Å²) in [5.74, 6) is -0.437. The van der Waals surface area contributed by atoms with Gasteiger partial charge in [-0.25, -0.2) is 0 Å². The molecule has 0 saturated carbocycles. The zero-order valence-electron chi connectivity index (χ0n) is 17.9. The quantitative estimate of drug-likeness (QED) is 0.721. The smallest absolute Gasteiger partial charge is 0.368 e. The molecule has 170 valence electrons. The molecule has 0 radical (unpaired) electrons. The average Bonchev–Trinajstić information content (AvgIpc) is 3.14. The molecule has 0 aliphatic carbocycles. The van der Waals surface area contributed by atoms with E-state index in [1.165, 1.54) is 6.07 Å². The third-order valence-corrected chi connectivity index (χ3v) is 6.19. The highest BCUT2D eigenvalue weighted by atomic mass is 19.4. The summed E-state index contributed by atoms with van der Waals surface area (Å²) < 4.78 is 39.0.